The normalized spacial score (nSPS) is 18.2. The van der Waals surface area contributed by atoms with Gasteiger partial charge in [0.25, 0.3) is 6.43 Å². The standard InChI is InChI=1S/C18H16F2N2O/c1-11-9-12(10-21-15(11)17(19)20)16-13-5-2-3-6-14(13)23-18(22-16)7-4-8-18/h2-3,5-6,9-10,17H,4,7-8H2,1H3. The van der Waals surface area contributed by atoms with Gasteiger partial charge in [0.05, 0.1) is 5.71 Å². The highest BCUT2D eigenvalue weighted by molar-refractivity contribution is 6.15. The first-order valence-electron chi connectivity index (χ1n) is 7.71. The van der Waals surface area contributed by atoms with Crippen molar-refractivity contribution in [2.24, 2.45) is 4.99 Å². The summed E-state index contributed by atoms with van der Waals surface area (Å²) in [6.45, 7) is 1.66. The molecule has 0 saturated heterocycles. The van der Waals surface area contributed by atoms with Crippen molar-refractivity contribution in [1.29, 1.82) is 0 Å². The predicted molar refractivity (Wildman–Crippen MR) is 83.2 cm³/mol. The van der Waals surface area contributed by atoms with Gasteiger partial charge in [0.15, 0.2) is 0 Å². The molecule has 0 atom stereocenters. The van der Waals surface area contributed by atoms with Crippen molar-refractivity contribution in [1.82, 2.24) is 4.98 Å². The first-order chi connectivity index (χ1) is 11.1. The van der Waals surface area contributed by atoms with E-state index in [1.54, 1.807) is 13.0 Å². The van der Waals surface area contributed by atoms with Gasteiger partial charge in [-0.3, -0.25) is 4.98 Å². The van der Waals surface area contributed by atoms with E-state index in [9.17, 15) is 8.78 Å². The molecule has 2 aliphatic rings. The van der Waals surface area contributed by atoms with Crippen LogP contribution in [-0.4, -0.2) is 16.4 Å². The Bertz CT molecular complexity index is 797. The Kier molecular flexibility index (Phi) is 3.18. The van der Waals surface area contributed by atoms with Crippen molar-refractivity contribution in [3.8, 4) is 5.75 Å². The zero-order chi connectivity index (χ0) is 16.0. The molecule has 5 heteroatoms. The Balaban J connectivity index is 1.84. The number of aryl methyl sites for hydroxylation is 1. The monoisotopic (exact) mass is 314 g/mol. The largest absolute Gasteiger partial charge is 0.465 e. The molecule has 0 N–H and O–H groups in total. The van der Waals surface area contributed by atoms with Crippen molar-refractivity contribution in [2.75, 3.05) is 0 Å². The van der Waals surface area contributed by atoms with Crippen LogP contribution in [0.4, 0.5) is 8.78 Å². The Labute approximate surface area is 133 Å². The van der Waals surface area contributed by atoms with E-state index in [-0.39, 0.29) is 5.69 Å². The lowest BCUT2D eigenvalue weighted by Crippen LogP contribution is -2.44. The summed E-state index contributed by atoms with van der Waals surface area (Å²) in [6, 6.07) is 9.46. The van der Waals surface area contributed by atoms with Crippen LogP contribution in [0.5, 0.6) is 5.75 Å². The highest BCUT2D eigenvalue weighted by Crippen LogP contribution is 2.43. The highest BCUT2D eigenvalue weighted by atomic mass is 19.3. The number of alkyl halides is 2. The van der Waals surface area contributed by atoms with Crippen LogP contribution in [0.3, 0.4) is 0 Å². The maximum Gasteiger partial charge on any atom is 0.280 e. The summed E-state index contributed by atoms with van der Waals surface area (Å²) < 4.78 is 31.9. The fraction of sp³-hybridized carbons (Fsp3) is 0.333. The van der Waals surface area contributed by atoms with Gasteiger partial charge in [-0.25, -0.2) is 13.8 Å². The van der Waals surface area contributed by atoms with Crippen LogP contribution in [0.15, 0.2) is 41.5 Å². The molecule has 1 saturated carbocycles. The first-order valence-corrected chi connectivity index (χ1v) is 7.71. The molecule has 0 bridgehead atoms. The van der Waals surface area contributed by atoms with Crippen LogP contribution < -0.4 is 4.74 Å². The van der Waals surface area contributed by atoms with Crippen LogP contribution in [0.2, 0.25) is 0 Å². The molecule has 0 unspecified atom stereocenters. The van der Waals surface area contributed by atoms with E-state index < -0.39 is 12.2 Å². The van der Waals surface area contributed by atoms with E-state index in [1.807, 2.05) is 24.3 Å². The molecule has 1 aliphatic heterocycles. The molecule has 118 valence electrons. The zero-order valence-electron chi connectivity index (χ0n) is 12.7. The number of ether oxygens (including phenoxy) is 1. The summed E-state index contributed by atoms with van der Waals surface area (Å²) in [6.07, 6.45) is 1.77. The molecule has 1 fully saturated rings. The van der Waals surface area contributed by atoms with Crippen LogP contribution in [-0.2, 0) is 0 Å². The highest BCUT2D eigenvalue weighted by Gasteiger charge is 2.43. The number of pyridine rings is 1. The van der Waals surface area contributed by atoms with E-state index in [0.717, 1.165) is 41.9 Å². The number of fused-ring (bicyclic) bond motifs is 1. The van der Waals surface area contributed by atoms with Gasteiger partial charge < -0.3 is 4.74 Å². The van der Waals surface area contributed by atoms with E-state index in [1.165, 1.54) is 6.20 Å². The number of nitrogens with zero attached hydrogens (tertiary/aromatic N) is 2. The van der Waals surface area contributed by atoms with Gasteiger partial charge in [0.1, 0.15) is 11.4 Å². The Morgan fingerprint density at radius 2 is 2.00 bits per heavy atom. The Morgan fingerprint density at radius 3 is 2.65 bits per heavy atom. The molecule has 1 aromatic heterocycles. The molecule has 2 heterocycles. The van der Waals surface area contributed by atoms with Crippen molar-refractivity contribution in [3.63, 3.8) is 0 Å². The van der Waals surface area contributed by atoms with Gasteiger partial charge in [0.2, 0.25) is 5.72 Å². The van der Waals surface area contributed by atoms with Gasteiger partial charge >= 0.3 is 0 Å². The summed E-state index contributed by atoms with van der Waals surface area (Å²) in [7, 11) is 0. The molecule has 3 nitrogen and oxygen atoms in total. The maximum absolute atomic E-state index is 12.9. The maximum atomic E-state index is 12.9. The third kappa shape index (κ3) is 2.31. The van der Waals surface area contributed by atoms with Crippen molar-refractivity contribution in [3.05, 3.63) is 58.9 Å². The van der Waals surface area contributed by atoms with Gasteiger partial charge in [-0.1, -0.05) is 12.1 Å². The average molecular weight is 314 g/mol. The van der Waals surface area contributed by atoms with Crippen LogP contribution in [0.25, 0.3) is 0 Å². The molecule has 1 spiro atoms. The number of rotatable bonds is 2. The minimum absolute atomic E-state index is 0.173. The van der Waals surface area contributed by atoms with Crippen LogP contribution >= 0.6 is 0 Å². The number of aromatic nitrogens is 1. The van der Waals surface area contributed by atoms with Crippen LogP contribution in [0.1, 0.15) is 48.1 Å². The molecule has 4 rings (SSSR count). The number of para-hydroxylation sites is 1. The number of hydrogen-bond acceptors (Lipinski definition) is 3. The number of halogens is 2. The fourth-order valence-electron chi connectivity index (χ4n) is 3.10. The molecular formula is C18H16F2N2O. The zero-order valence-corrected chi connectivity index (χ0v) is 12.7. The second-order valence-electron chi connectivity index (χ2n) is 6.09. The minimum Gasteiger partial charge on any atom is -0.465 e. The van der Waals surface area contributed by atoms with Gasteiger partial charge in [-0.15, -0.1) is 0 Å². The molecule has 1 aromatic carbocycles. The lowest BCUT2D eigenvalue weighted by atomic mass is 9.86. The second-order valence-corrected chi connectivity index (χ2v) is 6.09. The lowest BCUT2D eigenvalue weighted by Gasteiger charge is -2.42. The van der Waals surface area contributed by atoms with E-state index >= 15 is 0 Å². The molecule has 0 amide bonds. The van der Waals surface area contributed by atoms with Crippen molar-refractivity contribution in [2.45, 2.75) is 38.3 Å². The van der Waals surface area contributed by atoms with E-state index in [2.05, 4.69) is 4.98 Å². The summed E-state index contributed by atoms with van der Waals surface area (Å²) >= 11 is 0. The smallest absolute Gasteiger partial charge is 0.280 e. The average Bonchev–Trinajstić information content (AvgIpc) is 2.52. The topological polar surface area (TPSA) is 34.5 Å². The second kappa shape index (κ2) is 5.11. The molecular weight excluding hydrogens is 298 g/mol. The van der Waals surface area contributed by atoms with E-state index in [0.29, 0.717) is 5.56 Å². The van der Waals surface area contributed by atoms with Gasteiger partial charge in [-0.2, -0.15) is 0 Å². The first kappa shape index (κ1) is 14.3. The predicted octanol–water partition coefficient (Wildman–Crippen LogP) is 4.44. The van der Waals surface area contributed by atoms with Crippen molar-refractivity contribution >= 4 is 5.71 Å². The molecule has 2 aromatic rings. The lowest BCUT2D eigenvalue weighted by molar-refractivity contribution is -0.00150. The Hall–Kier alpha value is -2.30. The fourth-order valence-corrected chi connectivity index (χ4v) is 3.10. The van der Waals surface area contributed by atoms with E-state index in [4.69, 9.17) is 9.73 Å². The summed E-state index contributed by atoms with van der Waals surface area (Å²) in [4.78, 5) is 8.76. The van der Waals surface area contributed by atoms with Crippen molar-refractivity contribution < 1.29 is 13.5 Å². The summed E-state index contributed by atoms with van der Waals surface area (Å²) in [5.41, 5.74) is 2.24. The Morgan fingerprint density at radius 1 is 1.22 bits per heavy atom. The number of hydrogen-bond donors (Lipinski definition) is 0. The molecule has 1 aliphatic carbocycles. The minimum atomic E-state index is -2.56. The molecule has 23 heavy (non-hydrogen) atoms. The third-order valence-corrected chi connectivity index (χ3v) is 4.49. The SMILES string of the molecule is Cc1cc(C2=NC3(CCC3)Oc3ccccc32)cnc1C(F)F. The third-order valence-electron chi connectivity index (χ3n) is 4.49. The summed E-state index contributed by atoms with van der Waals surface area (Å²) in [5.74, 6) is 0.799. The number of benzene rings is 1. The quantitative estimate of drug-likeness (QED) is 0.821. The molecule has 0 radical (unpaired) electrons. The van der Waals surface area contributed by atoms with Crippen LogP contribution in [0, 0.1) is 6.92 Å². The number of aliphatic imine (C=N–C) groups is 1. The van der Waals surface area contributed by atoms with Gasteiger partial charge in [-0.05, 0) is 37.1 Å². The van der Waals surface area contributed by atoms with Gasteiger partial charge in [0, 0.05) is 30.2 Å². The summed E-state index contributed by atoms with van der Waals surface area (Å²) in [5, 5.41) is 0.